The number of fused-ring (bicyclic) bond motifs is 3. The fourth-order valence-electron chi connectivity index (χ4n) is 6.55. The van der Waals surface area contributed by atoms with Crippen LogP contribution in [0.3, 0.4) is 0 Å². The number of aromatic nitrogens is 1. The number of hydrogen-bond acceptors (Lipinski definition) is 11. The van der Waals surface area contributed by atoms with Crippen molar-refractivity contribution in [3.8, 4) is 5.75 Å². The van der Waals surface area contributed by atoms with Gasteiger partial charge in [-0.1, -0.05) is 0 Å². The second-order valence-corrected chi connectivity index (χ2v) is 11.2. The van der Waals surface area contributed by atoms with Gasteiger partial charge in [-0.05, 0) is 56.6 Å². The maximum atomic E-state index is 14.1. The molecule has 216 valence electrons. The van der Waals surface area contributed by atoms with E-state index in [4.69, 9.17) is 5.73 Å². The van der Waals surface area contributed by atoms with E-state index in [0.29, 0.717) is 22.5 Å². The van der Waals surface area contributed by atoms with E-state index in [2.05, 4.69) is 10.3 Å². The highest BCUT2D eigenvalue weighted by molar-refractivity contribution is 6.25. The molecule has 0 bridgehead atoms. The van der Waals surface area contributed by atoms with Crippen LogP contribution in [0, 0.1) is 11.8 Å². The number of aliphatic hydroxyl groups is 3. The Balaban J connectivity index is 1.66. The predicted molar refractivity (Wildman–Crippen MR) is 150 cm³/mol. The molecule has 7 N–H and O–H groups in total. The normalized spacial score (nSPS) is 25.6. The summed E-state index contributed by atoms with van der Waals surface area (Å²) in [5.41, 5.74) is 4.04. The summed E-state index contributed by atoms with van der Waals surface area (Å²) in [5.74, 6) is -6.73. The lowest BCUT2D eigenvalue weighted by atomic mass is 9.58. The molecule has 0 spiro atoms. The average molecular weight is 564 g/mol. The molecule has 4 atom stereocenters. The first kappa shape index (κ1) is 28.1. The third-order valence-electron chi connectivity index (χ3n) is 8.40. The molecule has 1 aromatic heterocycles. The first-order valence-corrected chi connectivity index (χ1v) is 13.1. The van der Waals surface area contributed by atoms with Gasteiger partial charge >= 0.3 is 0 Å². The minimum Gasteiger partial charge on any atom is -0.510 e. The lowest BCUT2D eigenvalue weighted by molar-refractivity contribution is -0.148. The number of aromatic hydroxyl groups is 1. The van der Waals surface area contributed by atoms with E-state index in [0.717, 1.165) is 0 Å². The number of hydrogen-bond donors (Lipinski definition) is 6. The average Bonchev–Trinajstić information content (AvgIpc) is 2.90. The van der Waals surface area contributed by atoms with Crippen LogP contribution in [0.4, 0.5) is 11.4 Å². The molecule has 3 aliphatic rings. The Morgan fingerprint density at radius 1 is 1.20 bits per heavy atom. The summed E-state index contributed by atoms with van der Waals surface area (Å²) < 4.78 is 0. The highest BCUT2D eigenvalue weighted by atomic mass is 16.3. The van der Waals surface area contributed by atoms with Crippen molar-refractivity contribution in [2.24, 2.45) is 17.6 Å². The van der Waals surface area contributed by atoms with Gasteiger partial charge in [-0.2, -0.15) is 0 Å². The maximum absolute atomic E-state index is 14.1. The highest BCUT2D eigenvalue weighted by Gasteiger charge is 2.63. The summed E-state index contributed by atoms with van der Waals surface area (Å²) >= 11 is 0. The van der Waals surface area contributed by atoms with Gasteiger partial charge in [0.15, 0.2) is 11.4 Å². The van der Waals surface area contributed by atoms with Crippen LogP contribution in [0.5, 0.6) is 5.75 Å². The van der Waals surface area contributed by atoms with Crippen molar-refractivity contribution in [2.75, 3.05) is 38.4 Å². The number of benzene rings is 1. The molecule has 1 aromatic carbocycles. The van der Waals surface area contributed by atoms with Gasteiger partial charge in [-0.15, -0.1) is 0 Å². The van der Waals surface area contributed by atoms with Crippen LogP contribution in [0.1, 0.15) is 27.9 Å². The Labute approximate surface area is 236 Å². The standard InChI is InChI=1S/C29H33N5O7/c1-33(2)18-10-14(11-32-15-6-5-7-31-12-15)23(35)20-16(18)8-13-9-17-22(34(3)4)25(37)21(28(30)40)27(39)29(17,41)26(38)19(13)24(20)36/h5-7,10,12-13,17,22,32,35,37-38,41H,8-9,11H2,1-4H3,(H2,30,40)/t13-,17-,22+,29-/m0/s1. The summed E-state index contributed by atoms with van der Waals surface area (Å²) in [4.78, 5) is 47.1. The van der Waals surface area contributed by atoms with Crippen molar-refractivity contribution < 1.29 is 34.8 Å². The number of amides is 1. The Kier molecular flexibility index (Phi) is 6.79. The molecule has 0 radical (unpaired) electrons. The van der Waals surface area contributed by atoms with E-state index in [1.54, 1.807) is 38.6 Å². The summed E-state index contributed by atoms with van der Waals surface area (Å²) in [7, 11) is 6.81. The van der Waals surface area contributed by atoms with Crippen LogP contribution in [-0.4, -0.2) is 87.6 Å². The monoisotopic (exact) mass is 563 g/mol. The number of likely N-dealkylation sites (N-methyl/N-ethyl adjacent to an activating group) is 1. The number of Topliss-reactive ketones (excluding diaryl/α,β-unsaturated/α-hetero) is 2. The molecule has 1 heterocycles. The van der Waals surface area contributed by atoms with Crippen molar-refractivity contribution in [1.82, 2.24) is 9.88 Å². The maximum Gasteiger partial charge on any atom is 0.255 e. The number of anilines is 2. The topological polar surface area (TPSA) is 190 Å². The van der Waals surface area contributed by atoms with Crippen LogP contribution in [0.2, 0.25) is 0 Å². The number of pyridine rings is 1. The smallest absolute Gasteiger partial charge is 0.255 e. The van der Waals surface area contributed by atoms with E-state index in [-0.39, 0.29) is 36.3 Å². The SMILES string of the molecule is CN(C)c1cc(CNc2cccnc2)c(O)c2c1C[C@H]1C[C@H]3[C@@H](N(C)C)C(O)=C(C(N)=O)C(=O)[C@@]3(O)C(O)=C1C2=O. The summed E-state index contributed by atoms with van der Waals surface area (Å²) in [6.07, 6.45) is 3.50. The van der Waals surface area contributed by atoms with Gasteiger partial charge in [-0.25, -0.2) is 0 Å². The lowest BCUT2D eigenvalue weighted by Crippen LogP contribution is -2.63. The van der Waals surface area contributed by atoms with Crippen molar-refractivity contribution >= 4 is 28.8 Å². The molecule has 3 aliphatic carbocycles. The van der Waals surface area contributed by atoms with Crippen molar-refractivity contribution in [1.29, 1.82) is 0 Å². The van der Waals surface area contributed by atoms with E-state index in [1.165, 1.54) is 4.90 Å². The predicted octanol–water partition coefficient (Wildman–Crippen LogP) is 1.19. The van der Waals surface area contributed by atoms with E-state index in [1.807, 2.05) is 25.1 Å². The van der Waals surface area contributed by atoms with Crippen molar-refractivity contribution in [3.63, 3.8) is 0 Å². The molecular formula is C29H33N5O7. The molecule has 0 aliphatic heterocycles. The molecule has 41 heavy (non-hydrogen) atoms. The third-order valence-corrected chi connectivity index (χ3v) is 8.40. The van der Waals surface area contributed by atoms with Crippen LogP contribution >= 0.6 is 0 Å². The first-order chi connectivity index (χ1) is 19.3. The van der Waals surface area contributed by atoms with Gasteiger partial charge < -0.3 is 36.4 Å². The number of primary amides is 1. The van der Waals surface area contributed by atoms with E-state index >= 15 is 0 Å². The van der Waals surface area contributed by atoms with Gasteiger partial charge in [0.1, 0.15) is 22.8 Å². The van der Waals surface area contributed by atoms with E-state index in [9.17, 15) is 34.8 Å². The summed E-state index contributed by atoms with van der Waals surface area (Å²) in [5, 5.41) is 48.7. The van der Waals surface area contributed by atoms with Gasteiger partial charge in [0.2, 0.25) is 5.78 Å². The van der Waals surface area contributed by atoms with E-state index < -0.39 is 58.0 Å². The molecule has 12 heteroatoms. The van der Waals surface area contributed by atoms with Gasteiger partial charge in [0.05, 0.1) is 17.3 Å². The molecule has 0 saturated carbocycles. The molecule has 2 aromatic rings. The summed E-state index contributed by atoms with van der Waals surface area (Å²) in [6.45, 7) is 0.161. The Morgan fingerprint density at radius 3 is 2.49 bits per heavy atom. The van der Waals surface area contributed by atoms with Crippen LogP contribution in [0.25, 0.3) is 0 Å². The van der Waals surface area contributed by atoms with Crippen LogP contribution in [-0.2, 0) is 22.6 Å². The fraction of sp³-hybridized carbons (Fsp3) is 0.379. The van der Waals surface area contributed by atoms with Crippen LogP contribution < -0.4 is 16.0 Å². The number of allylic oxidation sites excluding steroid dienone is 1. The number of carbonyl (C=O) groups is 3. The number of phenolic OH excluding ortho intramolecular Hbond substituents is 1. The van der Waals surface area contributed by atoms with Crippen molar-refractivity contribution in [2.45, 2.75) is 31.0 Å². The zero-order valence-corrected chi connectivity index (χ0v) is 23.2. The Bertz CT molecular complexity index is 1530. The highest BCUT2D eigenvalue weighted by Crippen LogP contribution is 2.53. The number of aliphatic hydroxyl groups excluding tert-OH is 2. The molecule has 0 unspecified atom stereocenters. The molecule has 1 amide bonds. The number of nitrogens with zero attached hydrogens (tertiary/aromatic N) is 3. The lowest BCUT2D eigenvalue weighted by Gasteiger charge is -2.50. The number of nitrogens with one attached hydrogen (secondary N) is 1. The summed E-state index contributed by atoms with van der Waals surface area (Å²) in [6, 6.07) is 4.32. The molecule has 5 rings (SSSR count). The number of phenols is 1. The fourth-order valence-corrected chi connectivity index (χ4v) is 6.55. The first-order valence-electron chi connectivity index (χ1n) is 13.1. The van der Waals surface area contributed by atoms with Gasteiger partial charge in [0, 0.05) is 55.8 Å². The van der Waals surface area contributed by atoms with Gasteiger partial charge in [0.25, 0.3) is 5.91 Å². The van der Waals surface area contributed by atoms with Crippen LogP contribution in [0.15, 0.2) is 53.3 Å². The Morgan fingerprint density at radius 2 is 1.90 bits per heavy atom. The zero-order valence-electron chi connectivity index (χ0n) is 23.2. The minimum atomic E-state index is -2.68. The molecule has 0 saturated heterocycles. The zero-order chi connectivity index (χ0) is 30.0. The number of carbonyl (C=O) groups excluding carboxylic acids is 3. The molecular weight excluding hydrogens is 530 g/mol. The quantitative estimate of drug-likeness (QED) is 0.277. The van der Waals surface area contributed by atoms with Gasteiger partial charge in [-0.3, -0.25) is 24.3 Å². The second kappa shape index (κ2) is 9.89. The van der Waals surface area contributed by atoms with Crippen molar-refractivity contribution in [3.05, 3.63) is 69.9 Å². The molecule has 0 fully saturated rings. The molecule has 12 nitrogen and oxygen atoms in total. The minimum absolute atomic E-state index is 0.0278. The second-order valence-electron chi connectivity index (χ2n) is 11.2. The third kappa shape index (κ3) is 4.13. The number of nitrogens with two attached hydrogens (primary N) is 1. The largest absolute Gasteiger partial charge is 0.510 e. The number of rotatable bonds is 6. The number of ketones is 2. The Hall–Kier alpha value is -4.42.